The van der Waals surface area contributed by atoms with Crippen LogP contribution in [0.25, 0.3) is 6.08 Å². The van der Waals surface area contributed by atoms with Gasteiger partial charge in [-0.05, 0) is 23.8 Å². The highest BCUT2D eigenvalue weighted by molar-refractivity contribution is 7.09. The van der Waals surface area contributed by atoms with Crippen LogP contribution in [0.4, 0.5) is 9.52 Å². The molecule has 1 aromatic carbocycles. The number of anilines is 1. The number of carboxylic acids is 1. The summed E-state index contributed by atoms with van der Waals surface area (Å²) in [6.07, 6.45) is 2.34. The Kier molecular flexibility index (Phi) is 4.87. The van der Waals surface area contributed by atoms with E-state index < -0.39 is 5.97 Å². The van der Waals surface area contributed by atoms with Crippen molar-refractivity contribution in [1.29, 1.82) is 0 Å². The number of hydrogen-bond donors (Lipinski definition) is 2. The minimum Gasteiger partial charge on any atom is -0.478 e. The lowest BCUT2D eigenvalue weighted by atomic mass is 9.85. The normalized spacial score (nSPS) is 11.8. The van der Waals surface area contributed by atoms with Crippen LogP contribution >= 0.6 is 11.5 Å². The molecule has 1 heterocycles. The van der Waals surface area contributed by atoms with Crippen LogP contribution in [-0.2, 0) is 10.2 Å². The molecular weight excluding hydrogens is 305 g/mol. The zero-order chi connectivity index (χ0) is 16.2. The van der Waals surface area contributed by atoms with Crippen LogP contribution in [0.15, 0.2) is 30.3 Å². The molecule has 0 aliphatic rings. The number of hydrogen-bond acceptors (Lipinski definition) is 5. The second-order valence-corrected chi connectivity index (χ2v) is 6.13. The van der Waals surface area contributed by atoms with Gasteiger partial charge < -0.3 is 10.4 Å². The summed E-state index contributed by atoms with van der Waals surface area (Å²) in [7, 11) is 0. The second kappa shape index (κ2) is 6.65. The Labute approximate surface area is 131 Å². The Morgan fingerprint density at radius 3 is 2.73 bits per heavy atom. The Hall–Kier alpha value is -2.28. The average molecular weight is 321 g/mol. The van der Waals surface area contributed by atoms with E-state index in [9.17, 15) is 9.18 Å². The predicted octanol–water partition coefficient (Wildman–Crippen LogP) is 3.16. The van der Waals surface area contributed by atoms with E-state index >= 15 is 0 Å². The van der Waals surface area contributed by atoms with Crippen LogP contribution in [0, 0.1) is 5.82 Å². The van der Waals surface area contributed by atoms with E-state index in [1.165, 1.54) is 18.2 Å². The number of carbonyl (C=O) groups is 1. The van der Waals surface area contributed by atoms with Crippen LogP contribution in [0.1, 0.15) is 25.2 Å². The maximum Gasteiger partial charge on any atom is 0.328 e. The van der Waals surface area contributed by atoms with Gasteiger partial charge in [0.25, 0.3) is 0 Å². The number of carboxylic acid groups (broad SMARTS) is 1. The van der Waals surface area contributed by atoms with Crippen molar-refractivity contribution < 1.29 is 14.3 Å². The van der Waals surface area contributed by atoms with Crippen LogP contribution in [-0.4, -0.2) is 27.0 Å². The lowest BCUT2D eigenvalue weighted by Crippen LogP contribution is -2.27. The molecule has 0 aliphatic heterocycles. The molecule has 0 atom stereocenters. The van der Waals surface area contributed by atoms with Crippen LogP contribution in [0.3, 0.4) is 0 Å². The van der Waals surface area contributed by atoms with Crippen molar-refractivity contribution in [1.82, 2.24) is 9.36 Å². The maximum atomic E-state index is 13.0. The van der Waals surface area contributed by atoms with Crippen molar-refractivity contribution in [2.24, 2.45) is 0 Å². The van der Waals surface area contributed by atoms with Crippen molar-refractivity contribution >= 4 is 28.7 Å². The fourth-order valence-electron chi connectivity index (χ4n) is 1.82. The third-order valence-corrected chi connectivity index (χ3v) is 3.81. The van der Waals surface area contributed by atoms with Gasteiger partial charge in [-0.1, -0.05) is 26.0 Å². The van der Waals surface area contributed by atoms with Gasteiger partial charge >= 0.3 is 5.97 Å². The average Bonchev–Trinajstić information content (AvgIpc) is 2.92. The Morgan fingerprint density at radius 2 is 2.09 bits per heavy atom. The molecule has 7 heteroatoms. The molecule has 1 aromatic heterocycles. The molecule has 116 valence electrons. The highest BCUT2D eigenvalue weighted by atomic mass is 32.1. The van der Waals surface area contributed by atoms with Gasteiger partial charge in [-0.15, -0.1) is 0 Å². The smallest absolute Gasteiger partial charge is 0.328 e. The summed E-state index contributed by atoms with van der Waals surface area (Å²) in [5.74, 6) is -0.942. The first-order valence-corrected chi connectivity index (χ1v) is 7.39. The summed E-state index contributed by atoms with van der Waals surface area (Å²) in [6, 6.07) is 6.41. The quantitative estimate of drug-likeness (QED) is 0.799. The first-order valence-electron chi connectivity index (χ1n) is 6.61. The van der Waals surface area contributed by atoms with Gasteiger partial charge in [-0.3, -0.25) is 0 Å². The summed E-state index contributed by atoms with van der Waals surface area (Å²) >= 11 is 1.16. The SMILES string of the molecule is CC(C)(CNc1nc(/C=C/C(=O)O)ns1)c1ccc(F)cc1. The zero-order valence-electron chi connectivity index (χ0n) is 12.2. The summed E-state index contributed by atoms with van der Waals surface area (Å²) < 4.78 is 17.0. The van der Waals surface area contributed by atoms with Crippen molar-refractivity contribution in [3.63, 3.8) is 0 Å². The van der Waals surface area contributed by atoms with Gasteiger partial charge in [-0.2, -0.15) is 9.36 Å². The Balaban J connectivity index is 2.00. The first-order chi connectivity index (χ1) is 10.4. The summed E-state index contributed by atoms with van der Waals surface area (Å²) in [5, 5.41) is 12.3. The molecule has 0 fully saturated rings. The Morgan fingerprint density at radius 1 is 1.41 bits per heavy atom. The molecule has 0 saturated heterocycles. The number of halogens is 1. The maximum absolute atomic E-state index is 13.0. The van der Waals surface area contributed by atoms with Gasteiger partial charge in [-0.25, -0.2) is 9.18 Å². The van der Waals surface area contributed by atoms with E-state index in [-0.39, 0.29) is 11.2 Å². The fourth-order valence-corrected chi connectivity index (χ4v) is 2.37. The van der Waals surface area contributed by atoms with Crippen LogP contribution in [0.2, 0.25) is 0 Å². The molecule has 0 saturated carbocycles. The van der Waals surface area contributed by atoms with Crippen LogP contribution < -0.4 is 5.32 Å². The lowest BCUT2D eigenvalue weighted by Gasteiger charge is -2.25. The van der Waals surface area contributed by atoms with E-state index in [1.807, 2.05) is 13.8 Å². The molecule has 0 bridgehead atoms. The topological polar surface area (TPSA) is 75.1 Å². The molecule has 0 amide bonds. The molecule has 0 aliphatic carbocycles. The van der Waals surface area contributed by atoms with Gasteiger partial charge in [0.1, 0.15) is 5.82 Å². The third-order valence-electron chi connectivity index (χ3n) is 3.12. The van der Waals surface area contributed by atoms with Crippen molar-refractivity contribution in [3.05, 3.63) is 47.5 Å². The molecule has 0 spiro atoms. The van der Waals surface area contributed by atoms with E-state index in [0.29, 0.717) is 17.5 Å². The van der Waals surface area contributed by atoms with Crippen LogP contribution in [0.5, 0.6) is 0 Å². The number of nitrogens with one attached hydrogen (secondary N) is 1. The van der Waals surface area contributed by atoms with Gasteiger partial charge in [0.15, 0.2) is 5.82 Å². The molecule has 5 nitrogen and oxygen atoms in total. The monoisotopic (exact) mass is 321 g/mol. The number of aliphatic carboxylic acids is 1. The molecular formula is C15H16FN3O2S. The van der Waals surface area contributed by atoms with E-state index in [1.54, 1.807) is 12.1 Å². The first kappa shape index (κ1) is 16.1. The second-order valence-electron chi connectivity index (χ2n) is 5.37. The minimum atomic E-state index is -1.04. The number of rotatable bonds is 6. The molecule has 0 radical (unpaired) electrons. The summed E-state index contributed by atoms with van der Waals surface area (Å²) in [4.78, 5) is 14.6. The van der Waals surface area contributed by atoms with Gasteiger partial charge in [0, 0.05) is 29.6 Å². The lowest BCUT2D eigenvalue weighted by molar-refractivity contribution is -0.131. The summed E-state index contributed by atoms with van der Waals surface area (Å²) in [5.41, 5.74) is 0.799. The molecule has 0 unspecified atom stereocenters. The number of benzene rings is 1. The molecule has 22 heavy (non-hydrogen) atoms. The standard InChI is InChI=1S/C15H16FN3O2S/c1-15(2,10-3-5-11(16)6-4-10)9-17-14-18-12(19-22-14)7-8-13(20)21/h3-8H,9H2,1-2H3,(H,20,21)(H,17,18,19)/b8-7+. The van der Waals surface area contributed by atoms with Crippen molar-refractivity contribution in [2.45, 2.75) is 19.3 Å². The van der Waals surface area contributed by atoms with Gasteiger partial charge in [0.2, 0.25) is 5.13 Å². The fraction of sp³-hybridized carbons (Fsp3) is 0.267. The highest BCUT2D eigenvalue weighted by Gasteiger charge is 2.21. The summed E-state index contributed by atoms with van der Waals surface area (Å²) in [6.45, 7) is 4.68. The van der Waals surface area contributed by atoms with Gasteiger partial charge in [0.05, 0.1) is 0 Å². The molecule has 2 rings (SSSR count). The van der Waals surface area contributed by atoms with E-state index in [4.69, 9.17) is 5.11 Å². The predicted molar refractivity (Wildman–Crippen MR) is 84.5 cm³/mol. The molecule has 2 aromatic rings. The van der Waals surface area contributed by atoms with E-state index in [0.717, 1.165) is 23.2 Å². The minimum absolute atomic E-state index is 0.212. The highest BCUT2D eigenvalue weighted by Crippen LogP contribution is 2.24. The van der Waals surface area contributed by atoms with E-state index in [2.05, 4.69) is 14.7 Å². The molecule has 2 N–H and O–H groups in total. The largest absolute Gasteiger partial charge is 0.478 e. The zero-order valence-corrected chi connectivity index (χ0v) is 13.0. The number of aromatic nitrogens is 2. The number of nitrogens with zero attached hydrogens (tertiary/aromatic N) is 2. The van der Waals surface area contributed by atoms with Crippen molar-refractivity contribution in [2.75, 3.05) is 11.9 Å². The third kappa shape index (κ3) is 4.36. The van der Waals surface area contributed by atoms with Crippen molar-refractivity contribution in [3.8, 4) is 0 Å². The Bertz CT molecular complexity index is 680.